The van der Waals surface area contributed by atoms with E-state index >= 15 is 0 Å². The zero-order chi connectivity index (χ0) is 29.4. The van der Waals surface area contributed by atoms with Gasteiger partial charge in [0.15, 0.2) is 20.2 Å². The molecule has 1 fully saturated rings. The minimum atomic E-state index is -2.16. The molecule has 8 nitrogen and oxygen atoms in total. The van der Waals surface area contributed by atoms with Gasteiger partial charge in [-0.1, -0.05) is 83.1 Å². The molecule has 222 valence electrons. The molecule has 2 aromatic heterocycles. The van der Waals surface area contributed by atoms with E-state index in [-0.39, 0.29) is 18.4 Å². The molecule has 1 aliphatic heterocycles. The third kappa shape index (κ3) is 6.00. The van der Waals surface area contributed by atoms with E-state index < -0.39 is 16.6 Å². The highest BCUT2D eigenvalue weighted by molar-refractivity contribution is 14.1. The first kappa shape index (κ1) is 32.9. The monoisotopic (exact) mass is 689 g/mol. The lowest BCUT2D eigenvalue weighted by atomic mass is 10.2. The summed E-state index contributed by atoms with van der Waals surface area (Å²) in [5.41, 5.74) is 9.84. The highest BCUT2D eigenvalue weighted by Gasteiger charge is 2.52. The van der Waals surface area contributed by atoms with E-state index in [1.807, 2.05) is 4.68 Å². The molecule has 2 N–H and O–H groups in total. The lowest BCUT2D eigenvalue weighted by molar-refractivity contribution is -0.0436. The number of fused-ring (bicyclic) bond motifs is 1. The van der Waals surface area contributed by atoms with Gasteiger partial charge in [-0.2, -0.15) is 5.10 Å². The molecule has 0 unspecified atom stereocenters. The summed E-state index contributed by atoms with van der Waals surface area (Å²) < 4.78 is 24.0. The summed E-state index contributed by atoms with van der Waals surface area (Å²) in [5, 5.41) is 5.59. The van der Waals surface area contributed by atoms with Gasteiger partial charge < -0.3 is 19.3 Å². The van der Waals surface area contributed by atoms with Crippen LogP contribution in [0.2, 0.25) is 33.2 Å². The highest BCUT2D eigenvalue weighted by atomic mass is 127. The maximum absolute atomic E-state index is 7.39. The topological polar surface area (TPSA) is 97.3 Å². The Morgan fingerprint density at radius 1 is 0.897 bits per heavy atom. The van der Waals surface area contributed by atoms with Gasteiger partial charge >= 0.3 is 0 Å². The number of halogens is 1. The SMILES string of the molecule is CC(C)[Si](OC[C@@H]1O[C@@H](n2nc(I)c3c(N)ncnc32)C[C@@H]1O[Si](C(C)C)(C(C)C)C(C)C)(C(C)C)C(C)C. The number of nitrogens with two attached hydrogens (primary N) is 1. The van der Waals surface area contributed by atoms with Crippen LogP contribution in [0.5, 0.6) is 0 Å². The van der Waals surface area contributed by atoms with E-state index in [1.54, 1.807) is 0 Å². The number of aromatic nitrogens is 4. The molecule has 11 heteroatoms. The van der Waals surface area contributed by atoms with Crippen molar-refractivity contribution in [2.45, 2.75) is 141 Å². The van der Waals surface area contributed by atoms with Gasteiger partial charge in [0.25, 0.3) is 0 Å². The van der Waals surface area contributed by atoms with Crippen LogP contribution >= 0.6 is 22.6 Å². The summed E-state index contributed by atoms with van der Waals surface area (Å²) in [4.78, 5) is 8.72. The number of rotatable bonds is 12. The van der Waals surface area contributed by atoms with Crippen molar-refractivity contribution < 1.29 is 13.6 Å². The van der Waals surface area contributed by atoms with Gasteiger partial charge in [0.1, 0.15) is 21.9 Å². The fourth-order valence-electron chi connectivity index (χ4n) is 7.67. The fourth-order valence-corrected chi connectivity index (χ4v) is 19.5. The molecule has 1 aliphatic rings. The Kier molecular flexibility index (Phi) is 10.7. The predicted octanol–water partition coefficient (Wildman–Crippen LogP) is 8.05. The van der Waals surface area contributed by atoms with Gasteiger partial charge in [-0.15, -0.1) is 0 Å². The zero-order valence-electron chi connectivity index (χ0n) is 26.2. The second-order valence-electron chi connectivity index (χ2n) is 13.2. The Balaban J connectivity index is 2.03. The van der Waals surface area contributed by atoms with Gasteiger partial charge in [-0.3, -0.25) is 0 Å². The lowest BCUT2D eigenvalue weighted by Crippen LogP contribution is -2.53. The minimum Gasteiger partial charge on any atom is -0.413 e. The molecule has 0 amide bonds. The Morgan fingerprint density at radius 2 is 1.41 bits per heavy atom. The van der Waals surface area contributed by atoms with Crippen LogP contribution in [-0.2, 0) is 13.6 Å². The second kappa shape index (κ2) is 12.7. The Hall–Kier alpha value is -0.606. The number of hydrogen-bond acceptors (Lipinski definition) is 7. The van der Waals surface area contributed by atoms with E-state index in [0.717, 1.165) is 9.09 Å². The van der Waals surface area contributed by atoms with Crippen molar-refractivity contribution in [2.24, 2.45) is 0 Å². The van der Waals surface area contributed by atoms with Gasteiger partial charge in [0.2, 0.25) is 8.32 Å². The Labute approximate surface area is 251 Å². The van der Waals surface area contributed by atoms with Crippen LogP contribution in [0.25, 0.3) is 11.0 Å². The molecule has 2 aromatic rings. The van der Waals surface area contributed by atoms with E-state index in [0.29, 0.717) is 57.7 Å². The minimum absolute atomic E-state index is 0.0804. The van der Waals surface area contributed by atoms with Gasteiger partial charge in [-0.25, -0.2) is 14.6 Å². The summed E-state index contributed by atoms with van der Waals surface area (Å²) in [6.45, 7) is 28.5. The normalized spacial score (nSPS) is 21.3. The van der Waals surface area contributed by atoms with Gasteiger partial charge in [0, 0.05) is 6.42 Å². The fraction of sp³-hybridized carbons (Fsp3) is 0.821. The van der Waals surface area contributed by atoms with E-state index in [4.69, 9.17) is 24.4 Å². The number of nitrogen functional groups attached to an aromatic ring is 1. The third-order valence-electron chi connectivity index (χ3n) is 9.20. The van der Waals surface area contributed by atoms with Crippen LogP contribution in [0.1, 0.15) is 95.7 Å². The van der Waals surface area contributed by atoms with Gasteiger partial charge in [-0.05, 0) is 55.8 Å². The van der Waals surface area contributed by atoms with E-state index in [9.17, 15) is 0 Å². The molecule has 3 atom stereocenters. The molecular formula is C28H52IN5O3Si2. The number of nitrogens with zero attached hydrogens (tertiary/aromatic N) is 4. The smallest absolute Gasteiger partial charge is 0.200 e. The van der Waals surface area contributed by atoms with Crippen molar-refractivity contribution >= 4 is 56.1 Å². The first-order chi connectivity index (χ1) is 18.1. The van der Waals surface area contributed by atoms with Crippen molar-refractivity contribution in [3.8, 4) is 0 Å². The summed E-state index contributed by atoms with van der Waals surface area (Å²) >= 11 is 2.21. The van der Waals surface area contributed by atoms with Crippen LogP contribution in [0.15, 0.2) is 6.33 Å². The average Bonchev–Trinajstić information content (AvgIpc) is 3.37. The lowest BCUT2D eigenvalue weighted by Gasteiger charge is -2.45. The van der Waals surface area contributed by atoms with Crippen LogP contribution in [0, 0.1) is 3.70 Å². The van der Waals surface area contributed by atoms with Crippen LogP contribution in [0.4, 0.5) is 5.82 Å². The summed E-state index contributed by atoms with van der Waals surface area (Å²) in [5.74, 6) is 0.439. The molecule has 0 aromatic carbocycles. The third-order valence-corrected chi connectivity index (χ3v) is 22.2. The van der Waals surface area contributed by atoms with Crippen LogP contribution in [-0.4, -0.2) is 55.2 Å². The molecular weight excluding hydrogens is 637 g/mol. The molecule has 3 heterocycles. The highest BCUT2D eigenvalue weighted by Crippen LogP contribution is 2.47. The van der Waals surface area contributed by atoms with Crippen molar-refractivity contribution in [3.05, 3.63) is 10.0 Å². The summed E-state index contributed by atoms with van der Waals surface area (Å²) in [6.07, 6.45) is 1.62. The quantitative estimate of drug-likeness (QED) is 0.178. The van der Waals surface area contributed by atoms with Crippen molar-refractivity contribution in [1.29, 1.82) is 0 Å². The molecule has 0 spiro atoms. The number of hydrogen-bond donors (Lipinski definition) is 1. The van der Waals surface area contributed by atoms with Crippen molar-refractivity contribution in [3.63, 3.8) is 0 Å². The van der Waals surface area contributed by atoms with E-state index in [2.05, 4.69) is 116 Å². The molecule has 39 heavy (non-hydrogen) atoms. The largest absolute Gasteiger partial charge is 0.413 e. The molecule has 0 radical (unpaired) electrons. The Bertz CT molecular complexity index is 1060. The average molecular weight is 690 g/mol. The molecule has 1 saturated heterocycles. The Morgan fingerprint density at radius 3 is 1.90 bits per heavy atom. The summed E-state index contributed by atoms with van der Waals surface area (Å²) in [6, 6.07) is 0. The maximum Gasteiger partial charge on any atom is 0.200 e. The molecule has 0 saturated carbocycles. The number of ether oxygens (including phenoxy) is 1. The first-order valence-corrected chi connectivity index (χ1v) is 20.1. The van der Waals surface area contributed by atoms with Crippen molar-refractivity contribution in [1.82, 2.24) is 19.7 Å². The van der Waals surface area contributed by atoms with Crippen molar-refractivity contribution in [2.75, 3.05) is 12.3 Å². The molecule has 0 bridgehead atoms. The second-order valence-corrected chi connectivity index (χ2v) is 25.0. The first-order valence-electron chi connectivity index (χ1n) is 14.7. The van der Waals surface area contributed by atoms with Crippen LogP contribution in [0.3, 0.4) is 0 Å². The standard InChI is InChI=1S/C28H52IN5O3Si2/c1-16(2)38(17(3)4,18(5)6)35-14-23-22(37-39(19(7)8,20(9)10)21(11)12)13-24(36-23)34-28-25(26(29)33-34)27(30)31-15-32-28/h15-24H,13-14H2,1-12H3,(H2,30,31,32)/t22-,23-,24+/m0/s1. The summed E-state index contributed by atoms with van der Waals surface area (Å²) in [7, 11) is -4.25. The molecule has 0 aliphatic carbocycles. The molecule has 3 rings (SSSR count). The van der Waals surface area contributed by atoms with Gasteiger partial charge in [0.05, 0.1) is 18.1 Å². The maximum atomic E-state index is 7.39. The number of anilines is 1. The zero-order valence-corrected chi connectivity index (χ0v) is 30.3. The van der Waals surface area contributed by atoms with Crippen LogP contribution < -0.4 is 5.73 Å². The van der Waals surface area contributed by atoms with E-state index in [1.165, 1.54) is 6.33 Å². The predicted molar refractivity (Wildman–Crippen MR) is 174 cm³/mol.